The normalized spacial score (nSPS) is 21.0. The number of benzene rings is 2. The highest BCUT2D eigenvalue weighted by Gasteiger charge is 2.35. The molecule has 26 heavy (non-hydrogen) atoms. The molecule has 1 aliphatic heterocycles. The highest BCUT2D eigenvalue weighted by molar-refractivity contribution is 5.84. The topological polar surface area (TPSA) is 59.0 Å². The van der Waals surface area contributed by atoms with Crippen molar-refractivity contribution in [1.29, 1.82) is 0 Å². The molecule has 1 saturated heterocycles. The van der Waals surface area contributed by atoms with Gasteiger partial charge in [-0.05, 0) is 34.9 Å². The van der Waals surface area contributed by atoms with E-state index in [1.165, 1.54) is 10.8 Å². The fraction of sp³-hybridized carbons (Fsp3) is 0.333. The average molecular weight is 348 g/mol. The van der Waals surface area contributed by atoms with Crippen molar-refractivity contribution in [2.45, 2.75) is 18.9 Å². The van der Waals surface area contributed by atoms with Gasteiger partial charge in [0.25, 0.3) is 0 Å². The maximum atomic E-state index is 12.9. The maximum absolute atomic E-state index is 12.9. The van der Waals surface area contributed by atoms with Crippen LogP contribution in [-0.4, -0.2) is 28.8 Å². The lowest BCUT2D eigenvalue weighted by Gasteiger charge is -2.21. The summed E-state index contributed by atoms with van der Waals surface area (Å²) in [5.74, 6) is 0.208. The molecule has 1 unspecified atom stereocenters. The van der Waals surface area contributed by atoms with Gasteiger partial charge >= 0.3 is 0 Å². The van der Waals surface area contributed by atoms with Crippen molar-refractivity contribution < 1.29 is 4.79 Å². The second kappa shape index (κ2) is 6.92. The quantitative estimate of drug-likeness (QED) is 0.762. The summed E-state index contributed by atoms with van der Waals surface area (Å²) in [7, 11) is 1.91. The summed E-state index contributed by atoms with van der Waals surface area (Å²) >= 11 is 0. The predicted molar refractivity (Wildman–Crippen MR) is 103 cm³/mol. The van der Waals surface area contributed by atoms with Gasteiger partial charge in [-0.15, -0.1) is 0 Å². The Hall–Kier alpha value is -2.66. The third-order valence-electron chi connectivity index (χ3n) is 5.34. The molecule has 0 bridgehead atoms. The van der Waals surface area contributed by atoms with Gasteiger partial charge in [0.2, 0.25) is 5.91 Å². The first-order valence-electron chi connectivity index (χ1n) is 9.10. The molecule has 3 atom stereocenters. The molecule has 2 aromatic carbocycles. The zero-order valence-electron chi connectivity index (χ0n) is 15.1. The Kier molecular flexibility index (Phi) is 4.47. The van der Waals surface area contributed by atoms with E-state index >= 15 is 0 Å². The van der Waals surface area contributed by atoms with Crippen molar-refractivity contribution in [3.05, 3.63) is 66.0 Å². The SMILES string of the molecule is CC(NC(=O)[C@H]1CNC[C@@H]1c1cnn(C)c1)c1ccc2ccccc2c1. The van der Waals surface area contributed by atoms with Crippen molar-refractivity contribution in [1.82, 2.24) is 20.4 Å². The number of rotatable bonds is 4. The fourth-order valence-electron chi connectivity index (χ4n) is 3.82. The summed E-state index contributed by atoms with van der Waals surface area (Å²) in [5.41, 5.74) is 2.25. The molecule has 5 heteroatoms. The van der Waals surface area contributed by atoms with Crippen LogP contribution < -0.4 is 10.6 Å². The van der Waals surface area contributed by atoms with E-state index in [4.69, 9.17) is 0 Å². The summed E-state index contributed by atoms with van der Waals surface area (Å²) < 4.78 is 1.79. The van der Waals surface area contributed by atoms with Crippen LogP contribution in [0.25, 0.3) is 10.8 Å². The molecule has 0 saturated carbocycles. The van der Waals surface area contributed by atoms with Gasteiger partial charge in [-0.1, -0.05) is 36.4 Å². The van der Waals surface area contributed by atoms with Gasteiger partial charge in [-0.25, -0.2) is 0 Å². The Bertz CT molecular complexity index is 932. The minimum absolute atomic E-state index is 0.0257. The van der Waals surface area contributed by atoms with Crippen LogP contribution in [0.15, 0.2) is 54.9 Å². The first-order chi connectivity index (χ1) is 12.6. The third-order valence-corrected chi connectivity index (χ3v) is 5.34. The number of nitrogens with one attached hydrogen (secondary N) is 2. The third kappa shape index (κ3) is 3.22. The van der Waals surface area contributed by atoms with Crippen molar-refractivity contribution in [3.8, 4) is 0 Å². The average Bonchev–Trinajstić information content (AvgIpc) is 3.30. The fourth-order valence-corrected chi connectivity index (χ4v) is 3.82. The molecule has 2 N–H and O–H groups in total. The molecule has 1 aromatic heterocycles. The molecule has 0 radical (unpaired) electrons. The minimum Gasteiger partial charge on any atom is -0.349 e. The number of aromatic nitrogens is 2. The molecule has 1 fully saturated rings. The number of carbonyl (C=O) groups is 1. The summed E-state index contributed by atoms with van der Waals surface area (Å²) in [5, 5.41) is 13.2. The lowest BCUT2D eigenvalue weighted by Crippen LogP contribution is -2.35. The molecule has 0 aliphatic carbocycles. The summed E-state index contributed by atoms with van der Waals surface area (Å²) in [6.45, 7) is 3.56. The highest BCUT2D eigenvalue weighted by Crippen LogP contribution is 2.29. The monoisotopic (exact) mass is 348 g/mol. The largest absolute Gasteiger partial charge is 0.349 e. The Morgan fingerprint density at radius 1 is 1.23 bits per heavy atom. The summed E-state index contributed by atoms with van der Waals surface area (Å²) in [6, 6.07) is 14.6. The smallest absolute Gasteiger partial charge is 0.225 e. The van der Waals surface area contributed by atoms with Crippen molar-refractivity contribution in [2.24, 2.45) is 13.0 Å². The van der Waals surface area contributed by atoms with Crippen LogP contribution in [0.1, 0.15) is 30.0 Å². The van der Waals surface area contributed by atoms with Crippen LogP contribution in [-0.2, 0) is 11.8 Å². The maximum Gasteiger partial charge on any atom is 0.225 e. The first kappa shape index (κ1) is 16.8. The van der Waals surface area contributed by atoms with Crippen LogP contribution in [0.2, 0.25) is 0 Å². The molecule has 1 aliphatic rings. The number of amides is 1. The lowest BCUT2D eigenvalue weighted by molar-refractivity contribution is -0.125. The van der Waals surface area contributed by atoms with Crippen LogP contribution in [0.3, 0.4) is 0 Å². The van der Waals surface area contributed by atoms with Gasteiger partial charge in [0.05, 0.1) is 18.2 Å². The predicted octanol–water partition coefficient (Wildman–Crippen LogP) is 2.75. The minimum atomic E-state index is -0.0675. The van der Waals surface area contributed by atoms with Crippen molar-refractivity contribution >= 4 is 16.7 Å². The molecule has 2 heterocycles. The van der Waals surface area contributed by atoms with Crippen LogP contribution in [0, 0.1) is 5.92 Å². The molecule has 4 rings (SSSR count). The van der Waals surface area contributed by atoms with Crippen LogP contribution in [0.5, 0.6) is 0 Å². The van der Waals surface area contributed by atoms with E-state index < -0.39 is 0 Å². The molecule has 1 amide bonds. The van der Waals surface area contributed by atoms with E-state index in [1.807, 2.05) is 38.5 Å². The standard InChI is InChI=1S/C21H24N4O/c1-14(16-8-7-15-5-3-4-6-17(15)9-16)24-21(26)20-12-22-11-19(20)18-10-23-25(2)13-18/h3-10,13-14,19-20,22H,11-12H2,1-2H3,(H,24,26)/t14?,19-,20+/m1/s1. The number of aryl methyl sites for hydroxylation is 1. The zero-order valence-corrected chi connectivity index (χ0v) is 15.1. The number of nitrogens with zero attached hydrogens (tertiary/aromatic N) is 2. The summed E-state index contributed by atoms with van der Waals surface area (Å²) in [6.07, 6.45) is 3.87. The molecular formula is C21H24N4O. The number of hydrogen-bond donors (Lipinski definition) is 2. The Balaban J connectivity index is 1.49. The summed E-state index contributed by atoms with van der Waals surface area (Å²) in [4.78, 5) is 12.9. The second-order valence-electron chi connectivity index (χ2n) is 7.16. The van der Waals surface area contributed by atoms with E-state index in [9.17, 15) is 4.79 Å². The van der Waals surface area contributed by atoms with Gasteiger partial charge in [0.15, 0.2) is 0 Å². The van der Waals surface area contributed by atoms with Crippen molar-refractivity contribution in [2.75, 3.05) is 13.1 Å². The Labute approximate surface area is 153 Å². The van der Waals surface area contributed by atoms with Crippen LogP contribution >= 0.6 is 0 Å². The van der Waals surface area contributed by atoms with Gasteiger partial charge in [0.1, 0.15) is 0 Å². The number of hydrogen-bond acceptors (Lipinski definition) is 3. The molecule has 134 valence electrons. The van der Waals surface area contributed by atoms with E-state index in [1.54, 1.807) is 4.68 Å². The van der Waals surface area contributed by atoms with Crippen molar-refractivity contribution in [3.63, 3.8) is 0 Å². The zero-order chi connectivity index (χ0) is 18.1. The Morgan fingerprint density at radius 3 is 2.81 bits per heavy atom. The molecular weight excluding hydrogens is 324 g/mol. The molecule has 3 aromatic rings. The molecule has 5 nitrogen and oxygen atoms in total. The Morgan fingerprint density at radius 2 is 2.04 bits per heavy atom. The van der Waals surface area contributed by atoms with E-state index in [0.717, 1.165) is 17.7 Å². The first-order valence-corrected chi connectivity index (χ1v) is 9.10. The number of carbonyl (C=O) groups excluding carboxylic acids is 1. The van der Waals surface area contributed by atoms with Gasteiger partial charge in [-0.3, -0.25) is 9.48 Å². The van der Waals surface area contributed by atoms with Gasteiger partial charge < -0.3 is 10.6 Å². The van der Waals surface area contributed by atoms with E-state index in [0.29, 0.717) is 6.54 Å². The van der Waals surface area contributed by atoms with Gasteiger partial charge in [-0.2, -0.15) is 5.10 Å². The lowest BCUT2D eigenvalue weighted by atomic mass is 9.90. The molecule has 0 spiro atoms. The van der Waals surface area contributed by atoms with E-state index in [2.05, 4.69) is 46.1 Å². The number of fused-ring (bicyclic) bond motifs is 1. The second-order valence-corrected chi connectivity index (χ2v) is 7.16. The van der Waals surface area contributed by atoms with E-state index in [-0.39, 0.29) is 23.8 Å². The van der Waals surface area contributed by atoms with Gasteiger partial charge in [0, 0.05) is 32.3 Å². The highest BCUT2D eigenvalue weighted by atomic mass is 16.2. The van der Waals surface area contributed by atoms with Crippen LogP contribution in [0.4, 0.5) is 0 Å².